The average molecular weight is 233 g/mol. The minimum atomic E-state index is -0.797. The Morgan fingerprint density at radius 2 is 1.94 bits per heavy atom. The van der Waals surface area contributed by atoms with Crippen molar-refractivity contribution in [1.29, 1.82) is 0 Å². The van der Waals surface area contributed by atoms with E-state index in [1.54, 1.807) is 4.90 Å². The van der Waals surface area contributed by atoms with Crippen LogP contribution in [0.4, 0.5) is 16.2 Å². The van der Waals surface area contributed by atoms with E-state index in [9.17, 15) is 4.79 Å². The molecule has 5 heteroatoms. The Bertz CT molecular complexity index is 446. The smallest absolute Gasteiger partial charge is 0.407 e. The summed E-state index contributed by atoms with van der Waals surface area (Å²) in [6, 6.07) is 8.24. The van der Waals surface area contributed by atoms with E-state index in [4.69, 9.17) is 10.8 Å². The average Bonchev–Trinajstić information content (AvgIpc) is 2.89. The van der Waals surface area contributed by atoms with Gasteiger partial charge in [0.15, 0.2) is 0 Å². The van der Waals surface area contributed by atoms with E-state index in [1.165, 1.54) is 0 Å². The van der Waals surface area contributed by atoms with Gasteiger partial charge in [-0.05, 0) is 30.7 Å². The van der Waals surface area contributed by atoms with Crippen LogP contribution in [0.25, 0.3) is 0 Å². The van der Waals surface area contributed by atoms with Crippen LogP contribution in [0.1, 0.15) is 6.42 Å². The molecule has 1 aromatic rings. The number of carbonyl (C=O) groups is 1. The van der Waals surface area contributed by atoms with Crippen molar-refractivity contribution in [1.82, 2.24) is 4.90 Å². The van der Waals surface area contributed by atoms with Crippen LogP contribution in [0.2, 0.25) is 0 Å². The van der Waals surface area contributed by atoms with Gasteiger partial charge in [0.1, 0.15) is 0 Å². The molecule has 0 aliphatic carbocycles. The van der Waals surface area contributed by atoms with Crippen molar-refractivity contribution in [2.45, 2.75) is 18.5 Å². The zero-order valence-electron chi connectivity index (χ0n) is 9.41. The molecule has 17 heavy (non-hydrogen) atoms. The number of benzene rings is 1. The number of nitrogens with zero attached hydrogens (tertiary/aromatic N) is 2. The SMILES string of the molecule is Nc1ccc(N2CC3CC2CN3C(=O)O)cc1. The third-order valence-corrected chi connectivity index (χ3v) is 3.71. The largest absolute Gasteiger partial charge is 0.465 e. The van der Waals surface area contributed by atoms with Gasteiger partial charge in [-0.15, -0.1) is 0 Å². The molecule has 3 N–H and O–H groups in total. The zero-order valence-corrected chi connectivity index (χ0v) is 9.41. The first kappa shape index (κ1) is 10.3. The molecule has 0 radical (unpaired) electrons. The highest BCUT2D eigenvalue weighted by Gasteiger charge is 2.45. The van der Waals surface area contributed by atoms with Crippen LogP contribution in [0.5, 0.6) is 0 Å². The predicted octanol–water partition coefficient (Wildman–Crippen LogP) is 1.21. The van der Waals surface area contributed by atoms with E-state index < -0.39 is 6.09 Å². The Labute approximate surface area is 99.4 Å². The highest BCUT2D eigenvalue weighted by atomic mass is 16.4. The first-order valence-corrected chi connectivity index (χ1v) is 5.77. The van der Waals surface area contributed by atoms with Crippen molar-refractivity contribution < 1.29 is 9.90 Å². The second kappa shape index (κ2) is 3.55. The molecule has 2 heterocycles. The molecular weight excluding hydrogens is 218 g/mol. The summed E-state index contributed by atoms with van der Waals surface area (Å²) >= 11 is 0. The van der Waals surface area contributed by atoms with Crippen LogP contribution in [0, 0.1) is 0 Å². The van der Waals surface area contributed by atoms with E-state index in [1.807, 2.05) is 24.3 Å². The first-order chi connectivity index (χ1) is 8.15. The highest BCUT2D eigenvalue weighted by Crippen LogP contribution is 2.34. The lowest BCUT2D eigenvalue weighted by Gasteiger charge is -2.34. The third kappa shape index (κ3) is 1.58. The van der Waals surface area contributed by atoms with Crippen molar-refractivity contribution in [3.8, 4) is 0 Å². The molecule has 5 nitrogen and oxygen atoms in total. The minimum Gasteiger partial charge on any atom is -0.465 e. The van der Waals surface area contributed by atoms with Crippen molar-refractivity contribution in [2.24, 2.45) is 0 Å². The maximum absolute atomic E-state index is 11.0. The molecule has 0 aromatic heterocycles. The predicted molar refractivity (Wildman–Crippen MR) is 65.1 cm³/mol. The van der Waals surface area contributed by atoms with Gasteiger partial charge in [-0.3, -0.25) is 0 Å². The molecule has 0 spiro atoms. The number of likely N-dealkylation sites (tertiary alicyclic amines) is 1. The summed E-state index contributed by atoms with van der Waals surface area (Å²) in [5, 5.41) is 9.02. The maximum Gasteiger partial charge on any atom is 0.407 e. The molecule has 1 aromatic carbocycles. The fourth-order valence-electron chi connectivity index (χ4n) is 2.88. The fraction of sp³-hybridized carbons (Fsp3) is 0.417. The van der Waals surface area contributed by atoms with Gasteiger partial charge in [0.05, 0.1) is 6.04 Å². The lowest BCUT2D eigenvalue weighted by Crippen LogP contribution is -2.48. The number of piperazine rings is 1. The fourth-order valence-corrected chi connectivity index (χ4v) is 2.88. The molecule has 2 atom stereocenters. The number of amides is 1. The summed E-state index contributed by atoms with van der Waals surface area (Å²) in [7, 11) is 0. The van der Waals surface area contributed by atoms with Crippen molar-refractivity contribution in [3.05, 3.63) is 24.3 Å². The number of fused-ring (bicyclic) bond motifs is 2. The molecule has 2 saturated heterocycles. The van der Waals surface area contributed by atoms with Gasteiger partial charge in [-0.1, -0.05) is 0 Å². The van der Waals surface area contributed by atoms with Gasteiger partial charge in [0.25, 0.3) is 0 Å². The summed E-state index contributed by atoms with van der Waals surface area (Å²) in [5.74, 6) is 0. The lowest BCUT2D eigenvalue weighted by atomic mass is 10.2. The van der Waals surface area contributed by atoms with Gasteiger partial charge >= 0.3 is 6.09 Å². The van der Waals surface area contributed by atoms with Crippen LogP contribution in [-0.4, -0.2) is 41.3 Å². The molecule has 0 saturated carbocycles. The van der Waals surface area contributed by atoms with Crippen LogP contribution in [0.15, 0.2) is 24.3 Å². The van der Waals surface area contributed by atoms with Gasteiger partial charge < -0.3 is 20.6 Å². The minimum absolute atomic E-state index is 0.148. The van der Waals surface area contributed by atoms with Gasteiger partial charge in [0, 0.05) is 30.5 Å². The quantitative estimate of drug-likeness (QED) is 0.715. The molecule has 1 amide bonds. The molecule has 90 valence electrons. The van der Waals surface area contributed by atoms with E-state index in [-0.39, 0.29) is 6.04 Å². The Morgan fingerprint density at radius 3 is 2.47 bits per heavy atom. The number of nitrogen functional groups attached to an aromatic ring is 1. The van der Waals surface area contributed by atoms with Gasteiger partial charge in [-0.2, -0.15) is 0 Å². The summed E-state index contributed by atoms with van der Waals surface area (Å²) in [6.45, 7) is 1.41. The molecular formula is C12H15N3O2. The summed E-state index contributed by atoms with van der Waals surface area (Å²) < 4.78 is 0. The van der Waals surface area contributed by atoms with E-state index >= 15 is 0 Å². The zero-order chi connectivity index (χ0) is 12.0. The van der Waals surface area contributed by atoms with E-state index in [2.05, 4.69) is 4.90 Å². The normalized spacial score (nSPS) is 26.6. The molecule has 2 aliphatic rings. The van der Waals surface area contributed by atoms with Gasteiger partial charge in [0.2, 0.25) is 0 Å². The topological polar surface area (TPSA) is 69.8 Å². The highest BCUT2D eigenvalue weighted by molar-refractivity contribution is 5.67. The molecule has 2 fully saturated rings. The van der Waals surface area contributed by atoms with Gasteiger partial charge in [-0.25, -0.2) is 4.79 Å². The Balaban J connectivity index is 1.78. The summed E-state index contributed by atoms with van der Waals surface area (Å²) in [6.07, 6.45) is 0.144. The maximum atomic E-state index is 11.0. The number of rotatable bonds is 1. The first-order valence-electron chi connectivity index (χ1n) is 5.77. The Morgan fingerprint density at radius 1 is 1.24 bits per heavy atom. The summed E-state index contributed by atoms with van der Waals surface area (Å²) in [4.78, 5) is 14.8. The van der Waals surface area contributed by atoms with Crippen LogP contribution >= 0.6 is 0 Å². The molecule has 2 unspecified atom stereocenters. The van der Waals surface area contributed by atoms with Crippen LogP contribution < -0.4 is 10.6 Å². The number of anilines is 2. The second-order valence-corrected chi connectivity index (χ2v) is 4.72. The van der Waals surface area contributed by atoms with E-state index in [0.29, 0.717) is 12.6 Å². The Hall–Kier alpha value is -1.91. The molecule has 2 aliphatic heterocycles. The van der Waals surface area contributed by atoms with Crippen molar-refractivity contribution in [2.75, 3.05) is 23.7 Å². The second-order valence-electron chi connectivity index (χ2n) is 4.72. The molecule has 3 rings (SSSR count). The van der Waals surface area contributed by atoms with Crippen molar-refractivity contribution >= 4 is 17.5 Å². The molecule has 2 bridgehead atoms. The standard InChI is InChI=1S/C12H15N3O2/c13-8-1-3-9(4-2-8)14-6-11-5-10(14)7-15(11)12(16)17/h1-4,10-11H,5-7,13H2,(H,16,17). The van der Waals surface area contributed by atoms with Crippen LogP contribution in [0.3, 0.4) is 0 Å². The van der Waals surface area contributed by atoms with Crippen molar-refractivity contribution in [3.63, 3.8) is 0 Å². The van der Waals surface area contributed by atoms with Crippen LogP contribution in [-0.2, 0) is 0 Å². The summed E-state index contributed by atoms with van der Waals surface area (Å²) in [5.41, 5.74) is 7.55. The number of hydrogen-bond acceptors (Lipinski definition) is 3. The Kier molecular flexibility index (Phi) is 2.14. The number of hydrogen-bond donors (Lipinski definition) is 2. The number of carboxylic acid groups (broad SMARTS) is 1. The lowest BCUT2D eigenvalue weighted by molar-refractivity contribution is 0.137. The monoisotopic (exact) mass is 233 g/mol. The third-order valence-electron chi connectivity index (χ3n) is 3.71. The van der Waals surface area contributed by atoms with E-state index in [0.717, 1.165) is 24.3 Å². The number of nitrogens with two attached hydrogens (primary N) is 1.